The predicted molar refractivity (Wildman–Crippen MR) is 49.2 cm³/mol. The lowest BCUT2D eigenvalue weighted by Crippen LogP contribution is -1.91. The molecule has 68 valence electrons. The van der Waals surface area contributed by atoms with Crippen molar-refractivity contribution in [2.24, 2.45) is 0 Å². The van der Waals surface area contributed by atoms with Crippen molar-refractivity contribution in [3.8, 4) is 0 Å². The lowest BCUT2D eigenvalue weighted by Gasteiger charge is -1.99. The van der Waals surface area contributed by atoms with Crippen LogP contribution >= 0.6 is 0 Å². The van der Waals surface area contributed by atoms with Gasteiger partial charge in [-0.2, -0.15) is 15.4 Å². The third-order valence-electron chi connectivity index (χ3n) is 1.85. The Labute approximate surface area is 75.9 Å². The molecule has 0 unspecified atom stereocenters. The van der Waals surface area contributed by atoms with Gasteiger partial charge in [-0.05, 0) is 24.6 Å². The highest BCUT2D eigenvalue weighted by Crippen LogP contribution is 2.10. The maximum absolute atomic E-state index is 5.29. The summed E-state index contributed by atoms with van der Waals surface area (Å²) < 4.78 is 5.29. The predicted octanol–water partition coefficient (Wildman–Crippen LogP) is 1.49. The Balaban J connectivity index is 2.26. The highest BCUT2D eigenvalue weighted by Gasteiger charge is 1.98. The Bertz CT molecular complexity index is 396. The third kappa shape index (κ3) is 1.67. The van der Waals surface area contributed by atoms with Crippen LogP contribution in [0.2, 0.25) is 0 Å². The molecule has 4 nitrogen and oxygen atoms in total. The summed E-state index contributed by atoms with van der Waals surface area (Å²) in [6.45, 7) is 3.35. The van der Waals surface area contributed by atoms with Crippen LogP contribution in [-0.2, 0) is 11.3 Å². The van der Waals surface area contributed by atoms with Gasteiger partial charge in [-0.25, -0.2) is 0 Å². The summed E-state index contributed by atoms with van der Waals surface area (Å²) >= 11 is 0. The zero-order chi connectivity index (χ0) is 9.10. The molecule has 0 bridgehead atoms. The molecule has 0 saturated heterocycles. The van der Waals surface area contributed by atoms with Crippen LogP contribution in [-0.4, -0.2) is 22.0 Å². The number of hydrogen-bond acceptors (Lipinski definition) is 3. The van der Waals surface area contributed by atoms with Gasteiger partial charge in [0.2, 0.25) is 0 Å². The first-order valence-corrected chi connectivity index (χ1v) is 4.27. The Morgan fingerprint density at radius 3 is 3.00 bits per heavy atom. The lowest BCUT2D eigenvalue weighted by atomic mass is 10.2. The second-order valence-corrected chi connectivity index (χ2v) is 2.78. The SMILES string of the molecule is CCOCc1ccc2n[nH]nc2c1. The maximum atomic E-state index is 5.29. The van der Waals surface area contributed by atoms with Crippen LogP contribution in [0.5, 0.6) is 0 Å². The topological polar surface area (TPSA) is 50.8 Å². The number of ether oxygens (including phenoxy) is 1. The Kier molecular flexibility index (Phi) is 2.23. The minimum Gasteiger partial charge on any atom is -0.377 e. The molecule has 0 aliphatic carbocycles. The van der Waals surface area contributed by atoms with Crippen molar-refractivity contribution >= 4 is 11.0 Å². The number of aromatic nitrogens is 3. The van der Waals surface area contributed by atoms with Gasteiger partial charge in [-0.3, -0.25) is 0 Å². The van der Waals surface area contributed by atoms with E-state index in [0.717, 1.165) is 23.2 Å². The van der Waals surface area contributed by atoms with E-state index >= 15 is 0 Å². The molecule has 0 fully saturated rings. The maximum Gasteiger partial charge on any atom is 0.113 e. The van der Waals surface area contributed by atoms with Crippen LogP contribution in [0.1, 0.15) is 12.5 Å². The molecule has 13 heavy (non-hydrogen) atoms. The van der Waals surface area contributed by atoms with Crippen molar-refractivity contribution in [1.29, 1.82) is 0 Å². The number of hydrogen-bond donors (Lipinski definition) is 1. The Morgan fingerprint density at radius 2 is 2.15 bits per heavy atom. The van der Waals surface area contributed by atoms with Gasteiger partial charge in [0, 0.05) is 6.61 Å². The van der Waals surface area contributed by atoms with Crippen LogP contribution in [0, 0.1) is 0 Å². The third-order valence-corrected chi connectivity index (χ3v) is 1.85. The minimum absolute atomic E-state index is 0.638. The van der Waals surface area contributed by atoms with Gasteiger partial charge in [0.05, 0.1) is 6.61 Å². The molecule has 0 spiro atoms. The van der Waals surface area contributed by atoms with E-state index < -0.39 is 0 Å². The normalized spacial score (nSPS) is 10.8. The molecule has 1 aromatic heterocycles. The first kappa shape index (κ1) is 8.19. The van der Waals surface area contributed by atoms with Gasteiger partial charge in [-0.15, -0.1) is 0 Å². The fourth-order valence-electron chi connectivity index (χ4n) is 1.20. The van der Waals surface area contributed by atoms with Gasteiger partial charge in [0.25, 0.3) is 0 Å². The number of fused-ring (bicyclic) bond motifs is 1. The van der Waals surface area contributed by atoms with Gasteiger partial charge in [-0.1, -0.05) is 6.07 Å². The summed E-state index contributed by atoms with van der Waals surface area (Å²) in [6, 6.07) is 5.92. The van der Waals surface area contributed by atoms with Crippen molar-refractivity contribution in [1.82, 2.24) is 15.4 Å². The van der Waals surface area contributed by atoms with E-state index in [0.29, 0.717) is 6.61 Å². The van der Waals surface area contributed by atoms with E-state index in [4.69, 9.17) is 4.74 Å². The highest BCUT2D eigenvalue weighted by molar-refractivity contribution is 5.73. The molecule has 1 heterocycles. The molecular weight excluding hydrogens is 166 g/mol. The molecule has 0 saturated carbocycles. The summed E-state index contributed by atoms with van der Waals surface area (Å²) in [5, 5.41) is 10.5. The second-order valence-electron chi connectivity index (χ2n) is 2.78. The first-order chi connectivity index (χ1) is 6.40. The summed E-state index contributed by atoms with van der Waals surface area (Å²) in [4.78, 5) is 0. The van der Waals surface area contributed by atoms with Gasteiger partial charge in [0.15, 0.2) is 0 Å². The van der Waals surface area contributed by atoms with E-state index in [1.54, 1.807) is 0 Å². The smallest absolute Gasteiger partial charge is 0.113 e. The van der Waals surface area contributed by atoms with Crippen LogP contribution in [0.3, 0.4) is 0 Å². The summed E-state index contributed by atoms with van der Waals surface area (Å²) in [5.41, 5.74) is 2.90. The number of aromatic amines is 1. The van der Waals surface area contributed by atoms with E-state index in [1.165, 1.54) is 0 Å². The molecule has 2 aromatic rings. The van der Waals surface area contributed by atoms with Crippen molar-refractivity contribution in [3.63, 3.8) is 0 Å². The molecular formula is C9H11N3O. The molecule has 0 radical (unpaired) electrons. The quantitative estimate of drug-likeness (QED) is 0.772. The van der Waals surface area contributed by atoms with Crippen molar-refractivity contribution in [2.45, 2.75) is 13.5 Å². The van der Waals surface area contributed by atoms with Gasteiger partial charge < -0.3 is 4.74 Å². The van der Waals surface area contributed by atoms with Gasteiger partial charge >= 0.3 is 0 Å². The van der Waals surface area contributed by atoms with Crippen LogP contribution in [0.15, 0.2) is 18.2 Å². The fraction of sp³-hybridized carbons (Fsp3) is 0.333. The number of nitrogens with zero attached hydrogens (tertiary/aromatic N) is 2. The van der Waals surface area contributed by atoms with Crippen LogP contribution in [0.4, 0.5) is 0 Å². The number of nitrogens with one attached hydrogen (secondary N) is 1. The summed E-state index contributed by atoms with van der Waals surface area (Å²) in [6.07, 6.45) is 0. The van der Waals surface area contributed by atoms with Crippen molar-refractivity contribution in [3.05, 3.63) is 23.8 Å². The van der Waals surface area contributed by atoms with Crippen LogP contribution in [0.25, 0.3) is 11.0 Å². The summed E-state index contributed by atoms with van der Waals surface area (Å²) in [7, 11) is 0. The zero-order valence-corrected chi connectivity index (χ0v) is 7.45. The van der Waals surface area contributed by atoms with Gasteiger partial charge in [0.1, 0.15) is 11.0 Å². The molecule has 2 rings (SSSR count). The Hall–Kier alpha value is -1.42. The van der Waals surface area contributed by atoms with E-state index in [2.05, 4.69) is 15.4 Å². The molecule has 0 atom stereocenters. The average Bonchev–Trinajstić information content (AvgIpc) is 2.61. The fourth-order valence-corrected chi connectivity index (χ4v) is 1.20. The number of H-pyrrole nitrogens is 1. The van der Waals surface area contributed by atoms with E-state index in [-0.39, 0.29) is 0 Å². The highest BCUT2D eigenvalue weighted by atomic mass is 16.5. The molecule has 0 amide bonds. The van der Waals surface area contributed by atoms with Crippen molar-refractivity contribution < 1.29 is 4.74 Å². The molecule has 1 N–H and O–H groups in total. The minimum atomic E-state index is 0.638. The standard InChI is InChI=1S/C9H11N3O/c1-2-13-6-7-3-4-8-9(5-7)11-12-10-8/h3-5H,2,6H2,1H3,(H,10,11,12). The second kappa shape index (κ2) is 3.53. The molecule has 0 aliphatic rings. The largest absolute Gasteiger partial charge is 0.377 e. The monoisotopic (exact) mass is 177 g/mol. The Morgan fingerprint density at radius 1 is 1.31 bits per heavy atom. The zero-order valence-electron chi connectivity index (χ0n) is 7.45. The summed E-state index contributed by atoms with van der Waals surface area (Å²) in [5.74, 6) is 0. The van der Waals surface area contributed by atoms with E-state index in [1.807, 2.05) is 25.1 Å². The number of rotatable bonds is 3. The lowest BCUT2D eigenvalue weighted by molar-refractivity contribution is 0.134. The van der Waals surface area contributed by atoms with Crippen LogP contribution < -0.4 is 0 Å². The van der Waals surface area contributed by atoms with E-state index in [9.17, 15) is 0 Å². The molecule has 1 aromatic carbocycles. The average molecular weight is 177 g/mol. The number of benzene rings is 1. The van der Waals surface area contributed by atoms with Crippen molar-refractivity contribution in [2.75, 3.05) is 6.61 Å². The molecule has 4 heteroatoms. The molecule has 0 aliphatic heterocycles. The first-order valence-electron chi connectivity index (χ1n) is 4.27.